The number of benzene rings is 2. The molecule has 0 bridgehead atoms. The number of nitrogens with zero attached hydrogens (tertiary/aromatic N) is 1. The number of nitrogens with one attached hydrogen (secondary N) is 2. The minimum absolute atomic E-state index is 0.0113. The third-order valence-electron chi connectivity index (χ3n) is 6.90. The Morgan fingerprint density at radius 2 is 1.75 bits per heavy atom. The van der Waals surface area contributed by atoms with Crippen molar-refractivity contribution in [3.05, 3.63) is 65.2 Å². The summed E-state index contributed by atoms with van der Waals surface area (Å²) in [5.41, 5.74) is 2.23. The van der Waals surface area contributed by atoms with Gasteiger partial charge in [0, 0.05) is 30.8 Å². The highest BCUT2D eigenvalue weighted by molar-refractivity contribution is 6.01. The fourth-order valence-corrected chi connectivity index (χ4v) is 5.16. The molecule has 0 radical (unpaired) electrons. The van der Waals surface area contributed by atoms with Gasteiger partial charge in [-0.25, -0.2) is 8.78 Å². The number of hydrogen-bond donors (Lipinski definition) is 2. The van der Waals surface area contributed by atoms with Gasteiger partial charge in [-0.3, -0.25) is 9.59 Å². The molecule has 0 aromatic heterocycles. The first-order chi connectivity index (χ1) is 15.5. The standard InChI is InChI=1S/C25H27F2N3O2/c26-18-8-15(9-19(27)10-18)7-16-12-28-13-17(16)14-30(20-5-6-20)25(32)22-11-24(31)29-23-4-2-1-3-21(22)23/h1-4,8-10,16-17,20,22,28H,5-7,11-14H2,(H,29,31). The van der Waals surface area contributed by atoms with Gasteiger partial charge in [-0.2, -0.15) is 0 Å². The lowest BCUT2D eigenvalue weighted by molar-refractivity contribution is -0.136. The third kappa shape index (κ3) is 4.39. The van der Waals surface area contributed by atoms with Gasteiger partial charge in [0.1, 0.15) is 11.6 Å². The van der Waals surface area contributed by atoms with E-state index in [4.69, 9.17) is 0 Å². The van der Waals surface area contributed by atoms with E-state index in [9.17, 15) is 18.4 Å². The first kappa shape index (κ1) is 21.1. The molecule has 3 aliphatic rings. The van der Waals surface area contributed by atoms with E-state index in [1.807, 2.05) is 29.2 Å². The summed E-state index contributed by atoms with van der Waals surface area (Å²) in [6, 6.07) is 11.4. The second-order valence-electron chi connectivity index (χ2n) is 9.27. The molecular weight excluding hydrogens is 412 g/mol. The molecule has 1 saturated heterocycles. The maximum Gasteiger partial charge on any atom is 0.230 e. The van der Waals surface area contributed by atoms with Crippen LogP contribution in [0.5, 0.6) is 0 Å². The molecule has 2 fully saturated rings. The van der Waals surface area contributed by atoms with Crippen molar-refractivity contribution in [1.82, 2.24) is 10.2 Å². The van der Waals surface area contributed by atoms with E-state index < -0.39 is 17.6 Å². The number of anilines is 1. The van der Waals surface area contributed by atoms with Crippen LogP contribution in [0.25, 0.3) is 0 Å². The number of hydrogen-bond acceptors (Lipinski definition) is 3. The van der Waals surface area contributed by atoms with Crippen LogP contribution in [0.4, 0.5) is 14.5 Å². The Bertz CT molecular complexity index is 1020. The van der Waals surface area contributed by atoms with E-state index in [-0.39, 0.29) is 36.1 Å². The Labute approximate surface area is 186 Å². The van der Waals surface area contributed by atoms with Crippen LogP contribution < -0.4 is 10.6 Å². The van der Waals surface area contributed by atoms with Crippen LogP contribution in [-0.2, 0) is 16.0 Å². The van der Waals surface area contributed by atoms with Gasteiger partial charge >= 0.3 is 0 Å². The summed E-state index contributed by atoms with van der Waals surface area (Å²) in [5.74, 6) is -1.34. The zero-order valence-corrected chi connectivity index (χ0v) is 17.8. The SMILES string of the molecule is O=C1CC(C(=O)N(CC2CNCC2Cc2cc(F)cc(F)c2)C2CC2)c2ccccc2N1. The highest BCUT2D eigenvalue weighted by Gasteiger charge is 2.41. The molecule has 32 heavy (non-hydrogen) atoms. The zero-order valence-electron chi connectivity index (χ0n) is 17.8. The van der Waals surface area contributed by atoms with Crippen LogP contribution in [0.1, 0.15) is 36.3 Å². The van der Waals surface area contributed by atoms with Gasteiger partial charge in [0.25, 0.3) is 0 Å². The monoisotopic (exact) mass is 439 g/mol. The summed E-state index contributed by atoms with van der Waals surface area (Å²) in [6.07, 6.45) is 2.68. The average Bonchev–Trinajstić information content (AvgIpc) is 3.50. The summed E-state index contributed by atoms with van der Waals surface area (Å²) in [5, 5.41) is 6.25. The first-order valence-electron chi connectivity index (χ1n) is 11.3. The molecule has 2 aliphatic heterocycles. The number of halogens is 2. The predicted molar refractivity (Wildman–Crippen MR) is 117 cm³/mol. The smallest absolute Gasteiger partial charge is 0.230 e. The number of carbonyl (C=O) groups is 2. The van der Waals surface area contributed by atoms with Crippen molar-refractivity contribution in [3.8, 4) is 0 Å². The molecule has 2 amide bonds. The van der Waals surface area contributed by atoms with Gasteiger partial charge in [-0.15, -0.1) is 0 Å². The molecule has 7 heteroatoms. The van der Waals surface area contributed by atoms with E-state index in [1.54, 1.807) is 0 Å². The number of amides is 2. The molecule has 0 spiro atoms. The molecule has 3 atom stereocenters. The first-order valence-corrected chi connectivity index (χ1v) is 11.3. The second-order valence-corrected chi connectivity index (χ2v) is 9.27. The number of carbonyl (C=O) groups excluding carboxylic acids is 2. The quantitative estimate of drug-likeness (QED) is 0.725. The fraction of sp³-hybridized carbons (Fsp3) is 0.440. The molecule has 1 saturated carbocycles. The predicted octanol–water partition coefficient (Wildman–Crippen LogP) is 3.46. The van der Waals surface area contributed by atoms with Gasteiger partial charge in [-0.1, -0.05) is 18.2 Å². The van der Waals surface area contributed by atoms with E-state index in [0.717, 1.165) is 37.6 Å². The van der Waals surface area contributed by atoms with Gasteiger partial charge in [0.15, 0.2) is 0 Å². The van der Waals surface area contributed by atoms with Crippen molar-refractivity contribution in [2.75, 3.05) is 25.0 Å². The summed E-state index contributed by atoms with van der Waals surface area (Å²) in [4.78, 5) is 27.9. The second kappa shape index (κ2) is 8.62. The van der Waals surface area contributed by atoms with Crippen molar-refractivity contribution < 1.29 is 18.4 Å². The lowest BCUT2D eigenvalue weighted by Gasteiger charge is -2.33. The molecule has 1 aliphatic carbocycles. The van der Waals surface area contributed by atoms with Crippen molar-refractivity contribution in [3.63, 3.8) is 0 Å². The Kier molecular flexibility index (Phi) is 5.67. The Morgan fingerprint density at radius 3 is 2.50 bits per heavy atom. The van der Waals surface area contributed by atoms with E-state index in [1.165, 1.54) is 12.1 Å². The van der Waals surface area contributed by atoms with Crippen molar-refractivity contribution in [2.45, 2.75) is 37.6 Å². The Balaban J connectivity index is 1.33. The van der Waals surface area contributed by atoms with Gasteiger partial charge in [0.2, 0.25) is 11.8 Å². The summed E-state index contributed by atoms with van der Waals surface area (Å²) < 4.78 is 27.3. The van der Waals surface area contributed by atoms with E-state index >= 15 is 0 Å². The average molecular weight is 440 g/mol. The molecule has 2 aromatic rings. The summed E-state index contributed by atoms with van der Waals surface area (Å²) in [6.45, 7) is 2.12. The van der Waals surface area contributed by atoms with Crippen LogP contribution in [0.3, 0.4) is 0 Å². The van der Waals surface area contributed by atoms with Crippen molar-refractivity contribution in [2.24, 2.45) is 11.8 Å². The van der Waals surface area contributed by atoms with Gasteiger partial charge in [-0.05, 0) is 73.5 Å². The maximum atomic E-state index is 13.7. The topological polar surface area (TPSA) is 61.4 Å². The normalized spacial score (nSPS) is 24.7. The molecule has 2 N–H and O–H groups in total. The minimum Gasteiger partial charge on any atom is -0.339 e. The van der Waals surface area contributed by atoms with Gasteiger partial charge < -0.3 is 15.5 Å². The molecular formula is C25H27F2N3O2. The fourth-order valence-electron chi connectivity index (χ4n) is 5.16. The number of fused-ring (bicyclic) bond motifs is 1. The minimum atomic E-state index is -0.563. The molecule has 5 nitrogen and oxygen atoms in total. The van der Waals surface area contributed by atoms with Crippen LogP contribution in [0.2, 0.25) is 0 Å². The lowest BCUT2D eigenvalue weighted by atomic mass is 9.87. The molecule has 2 heterocycles. The zero-order chi connectivity index (χ0) is 22.2. The lowest BCUT2D eigenvalue weighted by Crippen LogP contribution is -2.43. The number of rotatable bonds is 6. The number of para-hydroxylation sites is 1. The molecule has 2 aromatic carbocycles. The van der Waals surface area contributed by atoms with Crippen LogP contribution >= 0.6 is 0 Å². The van der Waals surface area contributed by atoms with E-state index in [0.29, 0.717) is 24.2 Å². The highest BCUT2D eigenvalue weighted by Crippen LogP contribution is 2.38. The van der Waals surface area contributed by atoms with E-state index in [2.05, 4.69) is 10.6 Å². The van der Waals surface area contributed by atoms with Gasteiger partial charge in [0.05, 0.1) is 5.92 Å². The maximum absolute atomic E-state index is 13.7. The largest absolute Gasteiger partial charge is 0.339 e. The Morgan fingerprint density at radius 1 is 1.03 bits per heavy atom. The highest BCUT2D eigenvalue weighted by atomic mass is 19.1. The summed E-state index contributed by atoms with van der Waals surface area (Å²) in [7, 11) is 0. The van der Waals surface area contributed by atoms with Crippen LogP contribution in [-0.4, -0.2) is 42.4 Å². The molecule has 168 valence electrons. The Hall–Kier alpha value is -2.80. The summed E-state index contributed by atoms with van der Waals surface area (Å²) >= 11 is 0. The van der Waals surface area contributed by atoms with Crippen molar-refractivity contribution in [1.29, 1.82) is 0 Å². The molecule has 3 unspecified atom stereocenters. The molecule has 5 rings (SSSR count). The van der Waals surface area contributed by atoms with Crippen LogP contribution in [0, 0.1) is 23.5 Å². The van der Waals surface area contributed by atoms with Crippen molar-refractivity contribution >= 4 is 17.5 Å². The third-order valence-corrected chi connectivity index (χ3v) is 6.90. The van der Waals surface area contributed by atoms with Crippen LogP contribution in [0.15, 0.2) is 42.5 Å².